The van der Waals surface area contributed by atoms with Crippen molar-refractivity contribution < 1.29 is 14.7 Å². The molecule has 0 saturated carbocycles. The van der Waals surface area contributed by atoms with Crippen LogP contribution in [0.25, 0.3) is 0 Å². The van der Waals surface area contributed by atoms with Gasteiger partial charge in [0.25, 0.3) is 0 Å². The summed E-state index contributed by atoms with van der Waals surface area (Å²) in [6.07, 6.45) is 0. The highest BCUT2D eigenvalue weighted by molar-refractivity contribution is 9.10. The van der Waals surface area contributed by atoms with E-state index < -0.39 is 5.97 Å². The van der Waals surface area contributed by atoms with E-state index in [0.717, 1.165) is 0 Å². The molecule has 80 valence electrons. The molecule has 1 aromatic rings. The summed E-state index contributed by atoms with van der Waals surface area (Å²) in [7, 11) is 0. The predicted octanol–water partition coefficient (Wildman–Crippen LogP) is 2.76. The summed E-state index contributed by atoms with van der Waals surface area (Å²) in [4.78, 5) is 21.8. The average Bonchev–Trinajstić information content (AvgIpc) is 2.10. The second-order valence-electron chi connectivity index (χ2n) is 2.77. The Morgan fingerprint density at radius 2 is 2.07 bits per heavy atom. The van der Waals surface area contributed by atoms with E-state index in [1.54, 1.807) is 0 Å². The lowest BCUT2D eigenvalue weighted by molar-refractivity contribution is -0.114. The third-order valence-corrected chi connectivity index (χ3v) is 2.59. The van der Waals surface area contributed by atoms with E-state index in [0.29, 0.717) is 4.47 Å². The van der Waals surface area contributed by atoms with Gasteiger partial charge in [0.15, 0.2) is 0 Å². The van der Waals surface area contributed by atoms with Crippen molar-refractivity contribution in [3.63, 3.8) is 0 Å². The average molecular weight is 293 g/mol. The molecule has 0 atom stereocenters. The normalized spacial score (nSPS) is 9.80. The van der Waals surface area contributed by atoms with E-state index in [4.69, 9.17) is 16.7 Å². The molecule has 0 aromatic heterocycles. The largest absolute Gasteiger partial charge is 0.478 e. The second kappa shape index (κ2) is 4.63. The van der Waals surface area contributed by atoms with Crippen LogP contribution in [-0.4, -0.2) is 17.0 Å². The number of carbonyl (C=O) groups is 2. The van der Waals surface area contributed by atoms with Crippen LogP contribution < -0.4 is 5.32 Å². The Labute approximate surface area is 99.4 Å². The number of nitrogens with one attached hydrogen (secondary N) is 1. The molecule has 1 rings (SSSR count). The van der Waals surface area contributed by atoms with Crippen LogP contribution in [0.15, 0.2) is 16.6 Å². The fourth-order valence-corrected chi connectivity index (χ4v) is 1.76. The molecule has 0 fully saturated rings. The first-order valence-electron chi connectivity index (χ1n) is 3.92. The number of carbonyl (C=O) groups excluding carboxylic acids is 1. The van der Waals surface area contributed by atoms with Gasteiger partial charge >= 0.3 is 5.97 Å². The van der Waals surface area contributed by atoms with Gasteiger partial charge in [-0.05, 0) is 28.1 Å². The molecule has 4 nitrogen and oxygen atoms in total. The lowest BCUT2D eigenvalue weighted by Crippen LogP contribution is -2.12. The number of aromatic carboxylic acids is 1. The van der Waals surface area contributed by atoms with Crippen LogP contribution in [0.4, 0.5) is 5.69 Å². The summed E-state index contributed by atoms with van der Waals surface area (Å²) in [5, 5.41) is 11.5. The van der Waals surface area contributed by atoms with E-state index in [2.05, 4.69) is 21.2 Å². The quantitative estimate of drug-likeness (QED) is 0.881. The van der Waals surface area contributed by atoms with Crippen molar-refractivity contribution in [1.29, 1.82) is 0 Å². The third kappa shape index (κ3) is 2.70. The van der Waals surface area contributed by atoms with Gasteiger partial charge in [-0.1, -0.05) is 11.6 Å². The van der Waals surface area contributed by atoms with Gasteiger partial charge in [-0.25, -0.2) is 4.79 Å². The predicted molar refractivity (Wildman–Crippen MR) is 60.4 cm³/mol. The fraction of sp³-hybridized carbons (Fsp3) is 0.111. The number of halogens is 2. The van der Waals surface area contributed by atoms with Crippen molar-refractivity contribution in [3.05, 3.63) is 27.2 Å². The van der Waals surface area contributed by atoms with Crippen molar-refractivity contribution in [2.75, 3.05) is 5.32 Å². The lowest BCUT2D eigenvalue weighted by atomic mass is 10.2. The number of anilines is 1. The number of hydrogen-bond acceptors (Lipinski definition) is 2. The Morgan fingerprint density at radius 3 is 2.53 bits per heavy atom. The van der Waals surface area contributed by atoms with Gasteiger partial charge in [0, 0.05) is 11.4 Å². The molecule has 15 heavy (non-hydrogen) atoms. The molecule has 6 heteroatoms. The molecular weight excluding hydrogens is 285 g/mol. The van der Waals surface area contributed by atoms with Crippen molar-refractivity contribution in [1.82, 2.24) is 0 Å². The Bertz CT molecular complexity index is 434. The lowest BCUT2D eigenvalue weighted by Gasteiger charge is -2.10. The van der Waals surface area contributed by atoms with E-state index in [9.17, 15) is 9.59 Å². The first-order chi connectivity index (χ1) is 6.93. The zero-order valence-electron chi connectivity index (χ0n) is 7.67. The minimum Gasteiger partial charge on any atom is -0.478 e. The Morgan fingerprint density at radius 1 is 1.47 bits per heavy atom. The number of hydrogen-bond donors (Lipinski definition) is 2. The number of carboxylic acids is 1. The molecule has 0 heterocycles. The zero-order chi connectivity index (χ0) is 11.6. The monoisotopic (exact) mass is 291 g/mol. The van der Waals surface area contributed by atoms with Crippen LogP contribution >= 0.6 is 27.5 Å². The molecule has 0 unspecified atom stereocenters. The van der Waals surface area contributed by atoms with Crippen LogP contribution in [-0.2, 0) is 4.79 Å². The maximum absolute atomic E-state index is 10.9. The van der Waals surface area contributed by atoms with Crippen molar-refractivity contribution in [2.45, 2.75) is 6.92 Å². The summed E-state index contributed by atoms with van der Waals surface area (Å²) < 4.78 is 0.364. The van der Waals surface area contributed by atoms with Gasteiger partial charge in [0.2, 0.25) is 5.91 Å². The van der Waals surface area contributed by atoms with Gasteiger partial charge in [0.1, 0.15) is 0 Å². The van der Waals surface area contributed by atoms with E-state index in [1.165, 1.54) is 19.1 Å². The van der Waals surface area contributed by atoms with E-state index >= 15 is 0 Å². The van der Waals surface area contributed by atoms with Crippen molar-refractivity contribution >= 4 is 45.1 Å². The van der Waals surface area contributed by atoms with Gasteiger partial charge in [-0.3, -0.25) is 4.79 Å². The highest BCUT2D eigenvalue weighted by Crippen LogP contribution is 2.32. The Hall–Kier alpha value is -1.07. The molecule has 0 aliphatic heterocycles. The summed E-state index contributed by atoms with van der Waals surface area (Å²) in [5.41, 5.74) is 0.0451. The molecule has 0 bridgehead atoms. The molecule has 0 aliphatic rings. The van der Waals surface area contributed by atoms with Crippen molar-refractivity contribution in [3.8, 4) is 0 Å². The van der Waals surface area contributed by atoms with E-state index in [1.807, 2.05) is 0 Å². The smallest absolute Gasteiger partial charge is 0.339 e. The standard InChI is InChI=1S/C9H7BrClNO3/c1-4(13)12-8-6(11)3-2-5(10)7(8)9(14)15/h2-3H,1H3,(H,12,13)(H,14,15). The molecule has 0 aliphatic carbocycles. The summed E-state index contributed by atoms with van der Waals surface area (Å²) >= 11 is 8.87. The molecule has 2 N–H and O–H groups in total. The van der Waals surface area contributed by atoms with Crippen molar-refractivity contribution in [2.24, 2.45) is 0 Å². The third-order valence-electron chi connectivity index (χ3n) is 1.62. The minimum absolute atomic E-state index is 0.0577. The first kappa shape index (κ1) is 12.0. The maximum atomic E-state index is 10.9. The minimum atomic E-state index is -1.16. The first-order valence-corrected chi connectivity index (χ1v) is 5.09. The summed E-state index contributed by atoms with van der Waals surface area (Å²) in [6, 6.07) is 3.01. The number of rotatable bonds is 2. The van der Waals surface area contributed by atoms with Crippen LogP contribution in [0.3, 0.4) is 0 Å². The fourth-order valence-electron chi connectivity index (χ4n) is 1.06. The Balaban J connectivity index is 3.38. The van der Waals surface area contributed by atoms with Crippen LogP contribution in [0.2, 0.25) is 5.02 Å². The van der Waals surface area contributed by atoms with Gasteiger partial charge in [0.05, 0.1) is 16.3 Å². The summed E-state index contributed by atoms with van der Waals surface area (Å²) in [6.45, 7) is 1.28. The maximum Gasteiger partial charge on any atom is 0.339 e. The SMILES string of the molecule is CC(=O)Nc1c(Cl)ccc(Br)c1C(=O)O. The number of benzene rings is 1. The highest BCUT2D eigenvalue weighted by Gasteiger charge is 2.17. The van der Waals surface area contributed by atoms with Crippen LogP contribution in [0.1, 0.15) is 17.3 Å². The molecular formula is C9H7BrClNO3. The number of carboxylic acid groups (broad SMARTS) is 1. The van der Waals surface area contributed by atoms with Crippen LogP contribution in [0, 0.1) is 0 Å². The highest BCUT2D eigenvalue weighted by atomic mass is 79.9. The molecule has 0 radical (unpaired) electrons. The molecule has 1 aromatic carbocycles. The number of amides is 1. The molecule has 1 amide bonds. The molecule has 0 saturated heterocycles. The molecule has 0 spiro atoms. The van der Waals surface area contributed by atoms with Gasteiger partial charge < -0.3 is 10.4 Å². The Kier molecular flexibility index (Phi) is 3.71. The van der Waals surface area contributed by atoms with Gasteiger partial charge in [-0.15, -0.1) is 0 Å². The van der Waals surface area contributed by atoms with Gasteiger partial charge in [-0.2, -0.15) is 0 Å². The second-order valence-corrected chi connectivity index (χ2v) is 4.03. The van der Waals surface area contributed by atoms with Crippen LogP contribution in [0.5, 0.6) is 0 Å². The zero-order valence-corrected chi connectivity index (χ0v) is 10.0. The topological polar surface area (TPSA) is 66.4 Å². The summed E-state index contributed by atoms with van der Waals surface area (Å²) in [5.74, 6) is -1.54. The van der Waals surface area contributed by atoms with E-state index in [-0.39, 0.29) is 22.2 Å².